The fourth-order valence-electron chi connectivity index (χ4n) is 1.53. The first-order valence-corrected chi connectivity index (χ1v) is 6.39. The van der Waals surface area contributed by atoms with E-state index in [1.165, 1.54) is 6.07 Å². The maximum Gasteiger partial charge on any atom is 0.336 e. The molecule has 1 aromatic heterocycles. The summed E-state index contributed by atoms with van der Waals surface area (Å²) in [7, 11) is 0. The lowest BCUT2D eigenvalue weighted by atomic mass is 10.2. The van der Waals surface area contributed by atoms with Crippen LogP contribution in [0.25, 0.3) is 11.0 Å². The molecule has 1 heterocycles. The highest BCUT2D eigenvalue weighted by Gasteiger charge is 1.95. The van der Waals surface area contributed by atoms with Gasteiger partial charge in [0.05, 0.1) is 0 Å². The largest absolute Gasteiger partial charge is 0.423 e. The van der Waals surface area contributed by atoms with E-state index in [1.54, 1.807) is 12.1 Å². The number of fused-ring (bicyclic) bond motifs is 1. The number of para-hydroxylation sites is 1. The van der Waals surface area contributed by atoms with E-state index in [1.807, 2.05) is 39.0 Å². The van der Waals surface area contributed by atoms with E-state index in [-0.39, 0.29) is 11.9 Å². The molecule has 0 unspecified atom stereocenters. The quantitative estimate of drug-likeness (QED) is 0.628. The smallest absolute Gasteiger partial charge is 0.336 e. The summed E-state index contributed by atoms with van der Waals surface area (Å²) in [5, 5.41) is 0.951. The Morgan fingerprint density at radius 1 is 1.05 bits per heavy atom. The zero-order chi connectivity index (χ0) is 14.1. The fourth-order valence-corrected chi connectivity index (χ4v) is 1.53. The Morgan fingerprint density at radius 3 is 2.32 bits per heavy atom. The van der Waals surface area contributed by atoms with Crippen molar-refractivity contribution < 1.29 is 13.9 Å². The van der Waals surface area contributed by atoms with Crippen molar-refractivity contribution in [1.82, 2.24) is 0 Å². The van der Waals surface area contributed by atoms with E-state index >= 15 is 0 Å². The Labute approximate surface area is 113 Å². The molecule has 1 aromatic carbocycles. The molecule has 0 N–H and O–H groups in total. The van der Waals surface area contributed by atoms with Crippen LogP contribution in [0.4, 0.5) is 0 Å². The second-order valence-electron chi connectivity index (χ2n) is 3.77. The first-order chi connectivity index (χ1) is 9.17. The topological polar surface area (TPSA) is 48.7 Å². The second kappa shape index (κ2) is 8.45. The van der Waals surface area contributed by atoms with Crippen molar-refractivity contribution >= 4 is 11.0 Å². The van der Waals surface area contributed by atoms with Crippen LogP contribution >= 0.6 is 0 Å². The number of rotatable bonds is 4. The summed E-state index contributed by atoms with van der Waals surface area (Å²) in [6.45, 7) is 7.25. The van der Waals surface area contributed by atoms with Crippen molar-refractivity contribution in [2.75, 3.05) is 13.2 Å². The summed E-state index contributed by atoms with van der Waals surface area (Å²) in [4.78, 5) is 10.7. The highest BCUT2D eigenvalue weighted by Crippen LogP contribution is 2.08. The lowest BCUT2D eigenvalue weighted by molar-refractivity contribution is -0.123. The van der Waals surface area contributed by atoms with Crippen LogP contribution in [0.2, 0.25) is 0 Å². The average molecular weight is 264 g/mol. The van der Waals surface area contributed by atoms with Gasteiger partial charge in [0.15, 0.2) is 6.29 Å². The minimum atomic E-state index is -0.302. The molecule has 0 saturated carbocycles. The fraction of sp³-hybridized carbons (Fsp3) is 0.400. The summed E-state index contributed by atoms with van der Waals surface area (Å²) in [6.07, 6.45) is -0.0370. The van der Waals surface area contributed by atoms with Crippen molar-refractivity contribution in [2.24, 2.45) is 0 Å². The van der Waals surface area contributed by atoms with Crippen LogP contribution in [0, 0.1) is 0 Å². The van der Waals surface area contributed by atoms with Gasteiger partial charge in [-0.1, -0.05) is 18.2 Å². The van der Waals surface area contributed by atoms with E-state index < -0.39 is 0 Å². The zero-order valence-electron chi connectivity index (χ0n) is 11.6. The summed E-state index contributed by atoms with van der Waals surface area (Å²) in [5.74, 6) is 0. The molecule has 0 atom stereocenters. The molecule has 0 aliphatic rings. The molecule has 4 nitrogen and oxygen atoms in total. The predicted octanol–water partition coefficient (Wildman–Crippen LogP) is 3.20. The van der Waals surface area contributed by atoms with Crippen molar-refractivity contribution in [3.8, 4) is 0 Å². The van der Waals surface area contributed by atoms with Gasteiger partial charge in [0.2, 0.25) is 0 Å². The average Bonchev–Trinajstić information content (AvgIpc) is 2.40. The number of hydrogen-bond donors (Lipinski definition) is 0. The van der Waals surface area contributed by atoms with Gasteiger partial charge in [-0.15, -0.1) is 0 Å². The van der Waals surface area contributed by atoms with E-state index in [2.05, 4.69) is 0 Å². The molecule has 104 valence electrons. The SMILES string of the molecule is CCOC(C)OCC.O=c1ccc2ccccc2o1. The minimum Gasteiger partial charge on any atom is -0.423 e. The van der Waals surface area contributed by atoms with Crippen LogP contribution in [0.3, 0.4) is 0 Å². The van der Waals surface area contributed by atoms with E-state index in [0.29, 0.717) is 5.58 Å². The van der Waals surface area contributed by atoms with Crippen LogP contribution in [0.5, 0.6) is 0 Å². The molecule has 0 bridgehead atoms. The molecule has 0 saturated heterocycles. The van der Waals surface area contributed by atoms with Crippen molar-refractivity contribution in [3.05, 3.63) is 46.8 Å². The summed E-state index contributed by atoms with van der Waals surface area (Å²) in [5.41, 5.74) is 0.337. The van der Waals surface area contributed by atoms with E-state index in [4.69, 9.17) is 13.9 Å². The van der Waals surface area contributed by atoms with Crippen LogP contribution in [-0.4, -0.2) is 19.5 Å². The molecule has 2 rings (SSSR count). The maximum absolute atomic E-state index is 10.7. The van der Waals surface area contributed by atoms with Gasteiger partial charge in [-0.05, 0) is 32.9 Å². The lowest BCUT2D eigenvalue weighted by Gasteiger charge is -2.09. The highest BCUT2D eigenvalue weighted by atomic mass is 16.7. The van der Waals surface area contributed by atoms with Crippen LogP contribution < -0.4 is 5.63 Å². The maximum atomic E-state index is 10.7. The molecular weight excluding hydrogens is 244 g/mol. The monoisotopic (exact) mass is 264 g/mol. The van der Waals surface area contributed by atoms with Crippen molar-refractivity contribution in [2.45, 2.75) is 27.1 Å². The normalized spacial score (nSPS) is 10.3. The molecule has 2 aromatic rings. The first kappa shape index (κ1) is 15.4. The number of benzene rings is 1. The molecule has 0 amide bonds. The van der Waals surface area contributed by atoms with Crippen molar-refractivity contribution in [1.29, 1.82) is 0 Å². The molecule has 0 fully saturated rings. The molecule has 0 spiro atoms. The Morgan fingerprint density at radius 2 is 1.68 bits per heavy atom. The standard InChI is InChI=1S/C9H6O2.C6H14O2/c10-9-6-5-7-3-1-2-4-8(7)11-9;1-4-7-6(3)8-5-2/h1-6H;6H,4-5H2,1-3H3. The molecule has 4 heteroatoms. The van der Waals surface area contributed by atoms with Crippen molar-refractivity contribution in [3.63, 3.8) is 0 Å². The Hall–Kier alpha value is -1.65. The minimum absolute atomic E-state index is 0.0370. The van der Waals surface area contributed by atoms with Gasteiger partial charge < -0.3 is 13.9 Å². The Balaban J connectivity index is 0.000000203. The van der Waals surface area contributed by atoms with Crippen LogP contribution in [0.15, 0.2) is 45.6 Å². The van der Waals surface area contributed by atoms with E-state index in [9.17, 15) is 4.79 Å². The molecule has 0 aliphatic carbocycles. The molecular formula is C15H20O4. The molecule has 19 heavy (non-hydrogen) atoms. The third-order valence-corrected chi connectivity index (χ3v) is 2.33. The predicted molar refractivity (Wildman–Crippen MR) is 75.2 cm³/mol. The number of ether oxygens (including phenoxy) is 2. The first-order valence-electron chi connectivity index (χ1n) is 6.39. The van der Waals surface area contributed by atoms with Gasteiger partial charge >= 0.3 is 5.63 Å². The zero-order valence-corrected chi connectivity index (χ0v) is 11.6. The van der Waals surface area contributed by atoms with Gasteiger partial charge in [0, 0.05) is 24.7 Å². The molecule has 0 radical (unpaired) electrons. The van der Waals surface area contributed by atoms with Gasteiger partial charge in [-0.3, -0.25) is 0 Å². The van der Waals surface area contributed by atoms with Crippen LogP contribution in [-0.2, 0) is 9.47 Å². The van der Waals surface area contributed by atoms with Gasteiger partial charge in [0.25, 0.3) is 0 Å². The van der Waals surface area contributed by atoms with Gasteiger partial charge in [0.1, 0.15) is 5.58 Å². The third-order valence-electron chi connectivity index (χ3n) is 2.33. The third kappa shape index (κ3) is 5.68. The number of hydrogen-bond acceptors (Lipinski definition) is 4. The van der Waals surface area contributed by atoms with Gasteiger partial charge in [-0.2, -0.15) is 0 Å². The Bertz CT molecular complexity index is 527. The Kier molecular flexibility index (Phi) is 6.85. The lowest BCUT2D eigenvalue weighted by Crippen LogP contribution is -2.11. The summed E-state index contributed by atoms with van der Waals surface area (Å²) >= 11 is 0. The summed E-state index contributed by atoms with van der Waals surface area (Å²) < 4.78 is 15.0. The van der Waals surface area contributed by atoms with Crippen LogP contribution in [0.1, 0.15) is 20.8 Å². The summed E-state index contributed by atoms with van der Waals surface area (Å²) in [6, 6.07) is 10.6. The highest BCUT2D eigenvalue weighted by molar-refractivity contribution is 5.75. The second-order valence-corrected chi connectivity index (χ2v) is 3.77. The van der Waals surface area contributed by atoms with E-state index in [0.717, 1.165) is 18.6 Å². The van der Waals surface area contributed by atoms with Gasteiger partial charge in [-0.25, -0.2) is 4.79 Å². The molecule has 0 aliphatic heterocycles.